The Morgan fingerprint density at radius 1 is 1.25 bits per heavy atom. The first-order chi connectivity index (χ1) is 7.76. The normalized spacial score (nSPS) is 17.6. The van der Waals surface area contributed by atoms with Crippen LogP contribution in [0, 0.1) is 11.8 Å². The average Bonchev–Trinajstić information content (AvgIpc) is 2.31. The summed E-state index contributed by atoms with van der Waals surface area (Å²) in [6.07, 6.45) is 0.938. The van der Waals surface area contributed by atoms with Gasteiger partial charge in [0.25, 0.3) is 0 Å². The van der Waals surface area contributed by atoms with Gasteiger partial charge in [0.05, 0.1) is 13.7 Å². The second kappa shape index (κ2) is 7.26. The number of hydrogen-bond acceptors (Lipinski definition) is 4. The first-order valence-electron chi connectivity index (χ1n) is 5.67. The number of carbonyl (C=O) groups is 1. The molecule has 0 aromatic carbocycles. The molecule has 1 aliphatic rings. The summed E-state index contributed by atoms with van der Waals surface area (Å²) in [6, 6.07) is 0. The molecule has 4 heteroatoms. The Hall–Kier alpha value is -1.05. The molecule has 1 rings (SSSR count). The van der Waals surface area contributed by atoms with E-state index in [1.807, 2.05) is 6.92 Å². The Morgan fingerprint density at radius 3 is 2.44 bits per heavy atom. The molecule has 0 N–H and O–H groups in total. The molecule has 0 aliphatic carbocycles. The lowest BCUT2D eigenvalue weighted by atomic mass is 10.3. The van der Waals surface area contributed by atoms with Crippen molar-refractivity contribution in [3.8, 4) is 11.8 Å². The summed E-state index contributed by atoms with van der Waals surface area (Å²) in [5.41, 5.74) is 0. The summed E-state index contributed by atoms with van der Waals surface area (Å²) in [5, 5.41) is 0. The first-order valence-corrected chi connectivity index (χ1v) is 5.67. The zero-order valence-corrected chi connectivity index (χ0v) is 10.2. The quantitative estimate of drug-likeness (QED) is 0.504. The number of esters is 1. The third-order valence-electron chi connectivity index (χ3n) is 2.78. The van der Waals surface area contributed by atoms with Gasteiger partial charge in [0.1, 0.15) is 0 Å². The van der Waals surface area contributed by atoms with E-state index < -0.39 is 0 Å². The van der Waals surface area contributed by atoms with Crippen molar-refractivity contribution in [3.63, 3.8) is 0 Å². The van der Waals surface area contributed by atoms with Crippen molar-refractivity contribution < 1.29 is 9.53 Å². The van der Waals surface area contributed by atoms with E-state index in [4.69, 9.17) is 0 Å². The van der Waals surface area contributed by atoms with Crippen molar-refractivity contribution in [3.05, 3.63) is 0 Å². The van der Waals surface area contributed by atoms with E-state index in [9.17, 15) is 4.79 Å². The highest BCUT2D eigenvalue weighted by Crippen LogP contribution is 2.02. The van der Waals surface area contributed by atoms with Crippen LogP contribution >= 0.6 is 0 Å². The van der Waals surface area contributed by atoms with E-state index >= 15 is 0 Å². The lowest BCUT2D eigenvalue weighted by Crippen LogP contribution is -2.48. The van der Waals surface area contributed by atoms with Gasteiger partial charge < -0.3 is 4.74 Å². The maximum absolute atomic E-state index is 11.1. The molecule has 0 unspecified atom stereocenters. The van der Waals surface area contributed by atoms with Crippen LogP contribution in [0.3, 0.4) is 0 Å². The van der Waals surface area contributed by atoms with Crippen molar-refractivity contribution in [2.24, 2.45) is 0 Å². The fraction of sp³-hybridized carbons (Fsp3) is 0.750. The van der Waals surface area contributed by atoms with Crippen LogP contribution in [-0.2, 0) is 9.53 Å². The van der Waals surface area contributed by atoms with Crippen LogP contribution < -0.4 is 0 Å². The molecular weight excluding hydrogens is 204 g/mol. The Morgan fingerprint density at radius 2 is 1.88 bits per heavy atom. The fourth-order valence-corrected chi connectivity index (χ4v) is 1.76. The molecule has 0 spiro atoms. The summed E-state index contributed by atoms with van der Waals surface area (Å²) < 4.78 is 4.65. The molecule has 0 amide bonds. The van der Waals surface area contributed by atoms with Gasteiger partial charge in [-0.25, -0.2) is 0 Å². The van der Waals surface area contributed by atoms with Crippen molar-refractivity contribution in [2.45, 2.75) is 13.3 Å². The fourth-order valence-electron chi connectivity index (χ4n) is 1.76. The standard InChI is InChI=1S/C12H20N2O2/c1-3-4-5-6-13-7-9-14(10-8-13)11-12(15)16-2/h5-11H2,1-2H3. The van der Waals surface area contributed by atoms with Gasteiger partial charge in [0, 0.05) is 39.1 Å². The smallest absolute Gasteiger partial charge is 0.319 e. The van der Waals surface area contributed by atoms with Crippen molar-refractivity contribution in [2.75, 3.05) is 46.4 Å². The highest BCUT2D eigenvalue weighted by Gasteiger charge is 2.18. The summed E-state index contributed by atoms with van der Waals surface area (Å²) >= 11 is 0. The summed E-state index contributed by atoms with van der Waals surface area (Å²) in [7, 11) is 1.43. The number of carbonyl (C=O) groups excluding carboxylic acids is 1. The Labute approximate surface area is 97.5 Å². The summed E-state index contributed by atoms with van der Waals surface area (Å²) in [6.45, 7) is 7.23. The predicted octanol–water partition coefficient (Wildman–Crippen LogP) is 0.190. The SMILES string of the molecule is CC#CCCN1CCN(CC(=O)OC)CC1. The van der Waals surface area contributed by atoms with E-state index in [1.54, 1.807) is 0 Å². The van der Waals surface area contributed by atoms with Crippen molar-refractivity contribution in [1.29, 1.82) is 0 Å². The molecule has 1 fully saturated rings. The maximum Gasteiger partial charge on any atom is 0.319 e. The first kappa shape index (κ1) is 13.0. The molecule has 1 saturated heterocycles. The zero-order valence-electron chi connectivity index (χ0n) is 10.2. The molecule has 0 bridgehead atoms. The number of nitrogens with zero attached hydrogens (tertiary/aromatic N) is 2. The van der Waals surface area contributed by atoms with E-state index in [0.29, 0.717) is 6.54 Å². The molecule has 1 aliphatic heterocycles. The lowest BCUT2D eigenvalue weighted by Gasteiger charge is -2.33. The van der Waals surface area contributed by atoms with Crippen molar-refractivity contribution >= 4 is 5.97 Å². The van der Waals surface area contributed by atoms with Crippen LogP contribution in [0.4, 0.5) is 0 Å². The number of piperazine rings is 1. The molecule has 16 heavy (non-hydrogen) atoms. The van der Waals surface area contributed by atoms with E-state index in [2.05, 4.69) is 26.4 Å². The van der Waals surface area contributed by atoms with E-state index in [0.717, 1.165) is 39.1 Å². The lowest BCUT2D eigenvalue weighted by molar-refractivity contribution is -0.142. The number of ether oxygens (including phenoxy) is 1. The number of methoxy groups -OCH3 is 1. The number of hydrogen-bond donors (Lipinski definition) is 0. The topological polar surface area (TPSA) is 32.8 Å². The Bertz CT molecular complexity index is 272. The number of rotatable bonds is 4. The second-order valence-corrected chi connectivity index (χ2v) is 3.87. The largest absolute Gasteiger partial charge is 0.468 e. The Kier molecular flexibility index (Phi) is 5.91. The highest BCUT2D eigenvalue weighted by atomic mass is 16.5. The summed E-state index contributed by atoms with van der Waals surface area (Å²) in [4.78, 5) is 15.6. The van der Waals surface area contributed by atoms with Gasteiger partial charge in [-0.1, -0.05) is 0 Å². The van der Waals surface area contributed by atoms with Crippen LogP contribution in [0.2, 0.25) is 0 Å². The molecule has 0 saturated carbocycles. The van der Waals surface area contributed by atoms with Crippen LogP contribution in [0.25, 0.3) is 0 Å². The minimum atomic E-state index is -0.148. The average molecular weight is 224 g/mol. The predicted molar refractivity (Wildman–Crippen MR) is 63.0 cm³/mol. The molecule has 1 heterocycles. The molecule has 4 nitrogen and oxygen atoms in total. The van der Waals surface area contributed by atoms with Crippen LogP contribution in [0.5, 0.6) is 0 Å². The zero-order chi connectivity index (χ0) is 11.8. The molecule has 0 aromatic heterocycles. The summed E-state index contributed by atoms with van der Waals surface area (Å²) in [5.74, 6) is 5.82. The van der Waals surface area contributed by atoms with E-state index in [1.165, 1.54) is 7.11 Å². The molecule has 0 aromatic rings. The molecule has 0 radical (unpaired) electrons. The maximum atomic E-state index is 11.1. The highest BCUT2D eigenvalue weighted by molar-refractivity contribution is 5.71. The molecule has 0 atom stereocenters. The Balaban J connectivity index is 2.17. The third-order valence-corrected chi connectivity index (χ3v) is 2.78. The van der Waals surface area contributed by atoms with Gasteiger partial charge >= 0.3 is 5.97 Å². The van der Waals surface area contributed by atoms with Crippen LogP contribution in [-0.4, -0.2) is 62.1 Å². The minimum Gasteiger partial charge on any atom is -0.468 e. The van der Waals surface area contributed by atoms with Gasteiger partial charge in [-0.3, -0.25) is 14.6 Å². The van der Waals surface area contributed by atoms with Gasteiger partial charge in [0.15, 0.2) is 0 Å². The van der Waals surface area contributed by atoms with Gasteiger partial charge in [-0.2, -0.15) is 0 Å². The van der Waals surface area contributed by atoms with Crippen molar-refractivity contribution in [1.82, 2.24) is 9.80 Å². The second-order valence-electron chi connectivity index (χ2n) is 3.87. The third kappa shape index (κ3) is 4.65. The monoisotopic (exact) mass is 224 g/mol. The molecule has 90 valence electrons. The van der Waals surface area contributed by atoms with Gasteiger partial charge in [-0.05, 0) is 6.92 Å². The van der Waals surface area contributed by atoms with Crippen LogP contribution in [0.15, 0.2) is 0 Å². The minimum absolute atomic E-state index is 0.148. The van der Waals surface area contributed by atoms with E-state index in [-0.39, 0.29) is 5.97 Å². The van der Waals surface area contributed by atoms with Gasteiger partial charge in [-0.15, -0.1) is 11.8 Å². The van der Waals surface area contributed by atoms with Crippen LogP contribution in [0.1, 0.15) is 13.3 Å². The van der Waals surface area contributed by atoms with Gasteiger partial charge in [0.2, 0.25) is 0 Å². The molecular formula is C12H20N2O2.